The Morgan fingerprint density at radius 2 is 1.63 bits per heavy atom. The fraction of sp³-hybridized carbons (Fsp3) is 0.350. The lowest BCUT2D eigenvalue weighted by Gasteiger charge is -2.27. The Hall–Kier alpha value is -2.54. The highest BCUT2D eigenvalue weighted by Crippen LogP contribution is 2.26. The van der Waals surface area contributed by atoms with E-state index in [-0.39, 0.29) is 11.9 Å². The van der Waals surface area contributed by atoms with Crippen molar-refractivity contribution in [1.29, 1.82) is 0 Å². The number of hydrogen-bond donors (Lipinski definition) is 2. The number of nitrogens with zero attached hydrogens (tertiary/aromatic N) is 1. The molecule has 0 radical (unpaired) electrons. The molecule has 0 aliphatic heterocycles. The van der Waals surface area contributed by atoms with Gasteiger partial charge >= 0.3 is 0 Å². The van der Waals surface area contributed by atoms with E-state index in [1.165, 1.54) is 0 Å². The Balaban J connectivity index is 2.14. The van der Waals surface area contributed by atoms with Gasteiger partial charge in [0, 0.05) is 30.0 Å². The number of anilines is 2. The maximum absolute atomic E-state index is 12.6. The average molecular weight is 390 g/mol. The minimum atomic E-state index is -3.34. The molecule has 2 aromatic carbocycles. The largest absolute Gasteiger partial charge is 0.372 e. The lowest BCUT2D eigenvalue weighted by molar-refractivity contribution is 0.0940. The zero-order chi connectivity index (χ0) is 20.0. The standard InChI is InChI=1S/C20H27N3O3S/c1-5-23(6-2)19-10-8-7-9-18(19)15(3)21-20(24)16-11-13-17(14-12-16)22-27(4,25)26/h7-15,22H,5-6H2,1-4H3,(H,21,24). The van der Waals surface area contributed by atoms with Gasteiger partial charge in [0.1, 0.15) is 0 Å². The number of sulfonamides is 1. The molecular formula is C20H27N3O3S. The van der Waals surface area contributed by atoms with Gasteiger partial charge in [0.25, 0.3) is 5.91 Å². The molecule has 0 heterocycles. The number of hydrogen-bond acceptors (Lipinski definition) is 4. The molecular weight excluding hydrogens is 362 g/mol. The van der Waals surface area contributed by atoms with Gasteiger partial charge in [-0.2, -0.15) is 0 Å². The second kappa shape index (κ2) is 8.90. The van der Waals surface area contributed by atoms with Crippen LogP contribution in [0.2, 0.25) is 0 Å². The van der Waals surface area contributed by atoms with Gasteiger partial charge in [0.2, 0.25) is 10.0 Å². The van der Waals surface area contributed by atoms with Gasteiger partial charge in [-0.3, -0.25) is 9.52 Å². The predicted molar refractivity (Wildman–Crippen MR) is 111 cm³/mol. The number of rotatable bonds is 8. The summed E-state index contributed by atoms with van der Waals surface area (Å²) in [6.07, 6.45) is 1.09. The van der Waals surface area contributed by atoms with Crippen LogP contribution < -0.4 is 14.9 Å². The highest BCUT2D eigenvalue weighted by Gasteiger charge is 2.16. The quantitative estimate of drug-likeness (QED) is 0.725. The summed E-state index contributed by atoms with van der Waals surface area (Å²) >= 11 is 0. The second-order valence-electron chi connectivity index (χ2n) is 6.38. The van der Waals surface area contributed by atoms with Crippen LogP contribution >= 0.6 is 0 Å². The highest BCUT2D eigenvalue weighted by molar-refractivity contribution is 7.92. The molecule has 2 rings (SSSR count). The predicted octanol–water partition coefficient (Wildman–Crippen LogP) is 3.40. The summed E-state index contributed by atoms with van der Waals surface area (Å²) in [4.78, 5) is 14.8. The molecule has 0 aliphatic carbocycles. The zero-order valence-corrected chi connectivity index (χ0v) is 17.0. The van der Waals surface area contributed by atoms with E-state index in [2.05, 4.69) is 34.9 Å². The van der Waals surface area contributed by atoms with Crippen LogP contribution in [0.3, 0.4) is 0 Å². The number of amides is 1. The lowest BCUT2D eigenvalue weighted by atomic mass is 10.0. The minimum absolute atomic E-state index is 0.164. The van der Waals surface area contributed by atoms with Crippen molar-refractivity contribution in [2.24, 2.45) is 0 Å². The topological polar surface area (TPSA) is 78.5 Å². The molecule has 6 nitrogen and oxygen atoms in total. The first-order valence-electron chi connectivity index (χ1n) is 8.97. The Kier molecular flexibility index (Phi) is 6.85. The van der Waals surface area contributed by atoms with Crippen molar-refractivity contribution in [1.82, 2.24) is 5.32 Å². The Bertz CT molecular complexity index is 876. The van der Waals surface area contributed by atoms with Gasteiger partial charge in [-0.25, -0.2) is 8.42 Å². The molecule has 0 spiro atoms. The van der Waals surface area contributed by atoms with Crippen molar-refractivity contribution in [2.45, 2.75) is 26.8 Å². The van der Waals surface area contributed by atoms with E-state index in [1.807, 2.05) is 25.1 Å². The number of nitrogens with one attached hydrogen (secondary N) is 2. The van der Waals surface area contributed by atoms with Crippen LogP contribution in [0.25, 0.3) is 0 Å². The van der Waals surface area contributed by atoms with Crippen molar-refractivity contribution >= 4 is 27.3 Å². The fourth-order valence-electron chi connectivity index (χ4n) is 2.97. The summed E-state index contributed by atoms with van der Waals surface area (Å²) in [5, 5.41) is 3.02. The van der Waals surface area contributed by atoms with E-state index in [0.29, 0.717) is 11.3 Å². The summed E-state index contributed by atoms with van der Waals surface area (Å²) in [6, 6.07) is 14.2. The van der Waals surface area contributed by atoms with Crippen LogP contribution in [-0.2, 0) is 10.0 Å². The highest BCUT2D eigenvalue weighted by atomic mass is 32.2. The smallest absolute Gasteiger partial charge is 0.251 e. The first kappa shape index (κ1) is 20.8. The number of benzene rings is 2. The van der Waals surface area contributed by atoms with Crippen LogP contribution in [0.5, 0.6) is 0 Å². The molecule has 0 aliphatic rings. The third kappa shape index (κ3) is 5.72. The lowest BCUT2D eigenvalue weighted by Crippen LogP contribution is -2.29. The first-order valence-corrected chi connectivity index (χ1v) is 10.9. The number of carbonyl (C=O) groups excluding carboxylic acids is 1. The number of para-hydroxylation sites is 1. The van der Waals surface area contributed by atoms with Gasteiger partial charge in [-0.1, -0.05) is 18.2 Å². The van der Waals surface area contributed by atoms with E-state index in [4.69, 9.17) is 0 Å². The van der Waals surface area contributed by atoms with Gasteiger partial charge in [-0.15, -0.1) is 0 Å². The molecule has 0 bridgehead atoms. The fourth-order valence-corrected chi connectivity index (χ4v) is 3.53. The average Bonchev–Trinajstić information content (AvgIpc) is 2.62. The molecule has 1 amide bonds. The van der Waals surface area contributed by atoms with Crippen LogP contribution in [0.15, 0.2) is 48.5 Å². The van der Waals surface area contributed by atoms with E-state index in [9.17, 15) is 13.2 Å². The maximum atomic E-state index is 12.6. The third-order valence-electron chi connectivity index (χ3n) is 4.31. The molecule has 2 aromatic rings. The molecule has 27 heavy (non-hydrogen) atoms. The molecule has 0 aromatic heterocycles. The van der Waals surface area contributed by atoms with Gasteiger partial charge in [0.05, 0.1) is 12.3 Å². The van der Waals surface area contributed by atoms with E-state index < -0.39 is 10.0 Å². The Morgan fingerprint density at radius 1 is 1.04 bits per heavy atom. The van der Waals surface area contributed by atoms with E-state index in [1.54, 1.807) is 24.3 Å². The molecule has 0 saturated carbocycles. The molecule has 0 fully saturated rings. The molecule has 7 heteroatoms. The van der Waals surface area contributed by atoms with Gasteiger partial charge in [-0.05, 0) is 56.7 Å². The van der Waals surface area contributed by atoms with Crippen LogP contribution in [0, 0.1) is 0 Å². The third-order valence-corrected chi connectivity index (χ3v) is 4.91. The molecule has 1 unspecified atom stereocenters. The Morgan fingerprint density at radius 3 is 2.19 bits per heavy atom. The normalized spacial score (nSPS) is 12.3. The Labute approximate surface area is 161 Å². The summed E-state index contributed by atoms with van der Waals surface area (Å²) in [5.41, 5.74) is 3.07. The van der Waals surface area contributed by atoms with Gasteiger partial charge in [0.15, 0.2) is 0 Å². The van der Waals surface area contributed by atoms with Crippen molar-refractivity contribution < 1.29 is 13.2 Å². The minimum Gasteiger partial charge on any atom is -0.372 e. The van der Waals surface area contributed by atoms with Crippen LogP contribution in [0.4, 0.5) is 11.4 Å². The van der Waals surface area contributed by atoms with Crippen molar-refractivity contribution in [3.05, 3.63) is 59.7 Å². The SMILES string of the molecule is CCN(CC)c1ccccc1C(C)NC(=O)c1ccc(NS(C)(=O)=O)cc1. The summed E-state index contributed by atoms with van der Waals surface area (Å²) < 4.78 is 24.9. The first-order chi connectivity index (χ1) is 12.7. The van der Waals surface area contributed by atoms with E-state index >= 15 is 0 Å². The number of carbonyl (C=O) groups is 1. The second-order valence-corrected chi connectivity index (χ2v) is 8.13. The van der Waals surface area contributed by atoms with Gasteiger partial charge < -0.3 is 10.2 Å². The maximum Gasteiger partial charge on any atom is 0.251 e. The van der Waals surface area contributed by atoms with E-state index in [0.717, 1.165) is 30.6 Å². The van der Waals surface area contributed by atoms with Crippen molar-refractivity contribution in [3.8, 4) is 0 Å². The molecule has 1 atom stereocenters. The van der Waals surface area contributed by atoms with Crippen LogP contribution in [0.1, 0.15) is 42.7 Å². The van der Waals surface area contributed by atoms with Crippen molar-refractivity contribution in [2.75, 3.05) is 29.0 Å². The summed E-state index contributed by atoms with van der Waals surface area (Å²) in [5.74, 6) is -0.206. The molecule has 146 valence electrons. The summed E-state index contributed by atoms with van der Waals surface area (Å²) in [7, 11) is -3.34. The molecule has 0 saturated heterocycles. The summed E-state index contributed by atoms with van der Waals surface area (Å²) in [6.45, 7) is 7.96. The van der Waals surface area contributed by atoms with Crippen molar-refractivity contribution in [3.63, 3.8) is 0 Å². The monoisotopic (exact) mass is 389 g/mol. The molecule has 2 N–H and O–H groups in total. The zero-order valence-electron chi connectivity index (χ0n) is 16.2. The van der Waals surface area contributed by atoms with Crippen LogP contribution in [-0.4, -0.2) is 33.7 Å².